The normalized spacial score (nSPS) is 11.3. The van der Waals surface area contributed by atoms with Crippen LogP contribution >= 0.6 is 0 Å². The molecule has 0 bridgehead atoms. The summed E-state index contributed by atoms with van der Waals surface area (Å²) in [5.41, 5.74) is 2.50. The molecule has 2 heteroatoms. The predicted molar refractivity (Wildman–Crippen MR) is 63.0 cm³/mol. The van der Waals surface area contributed by atoms with E-state index >= 15 is 0 Å². The molecule has 0 aromatic heterocycles. The number of benzene rings is 1. The summed E-state index contributed by atoms with van der Waals surface area (Å²) in [6, 6.07) is 4.20. The lowest BCUT2D eigenvalue weighted by Gasteiger charge is -2.22. The third kappa shape index (κ3) is 2.44. The van der Waals surface area contributed by atoms with E-state index in [9.17, 15) is 0 Å². The van der Waals surface area contributed by atoms with Gasteiger partial charge in [-0.05, 0) is 29.5 Å². The van der Waals surface area contributed by atoms with Crippen LogP contribution in [0.3, 0.4) is 0 Å². The molecule has 0 atom stereocenters. The van der Waals surface area contributed by atoms with Gasteiger partial charge in [0.05, 0.1) is 14.2 Å². The lowest BCUT2D eigenvalue weighted by atomic mass is 9.86. The largest absolute Gasteiger partial charge is 0.493 e. The third-order valence-corrected chi connectivity index (χ3v) is 2.53. The number of methoxy groups -OCH3 is 2. The van der Waals surface area contributed by atoms with E-state index in [1.165, 1.54) is 5.56 Å². The second-order valence-corrected chi connectivity index (χ2v) is 4.78. The van der Waals surface area contributed by atoms with Crippen LogP contribution in [-0.2, 0) is 5.41 Å². The minimum Gasteiger partial charge on any atom is -0.493 e. The van der Waals surface area contributed by atoms with Gasteiger partial charge in [0.25, 0.3) is 0 Å². The molecule has 0 unspecified atom stereocenters. The van der Waals surface area contributed by atoms with E-state index in [2.05, 4.69) is 26.8 Å². The Kier molecular flexibility index (Phi) is 3.28. The first kappa shape index (κ1) is 11.9. The quantitative estimate of drug-likeness (QED) is 0.742. The number of rotatable bonds is 2. The van der Waals surface area contributed by atoms with Crippen LogP contribution in [0, 0.1) is 6.92 Å². The molecule has 1 aromatic carbocycles. The van der Waals surface area contributed by atoms with Gasteiger partial charge in [-0.2, -0.15) is 0 Å². The smallest absolute Gasteiger partial charge is 0.163 e. The van der Waals surface area contributed by atoms with E-state index in [4.69, 9.17) is 9.47 Å². The fourth-order valence-corrected chi connectivity index (χ4v) is 1.59. The maximum Gasteiger partial charge on any atom is 0.163 e. The lowest BCUT2D eigenvalue weighted by Crippen LogP contribution is -2.12. The van der Waals surface area contributed by atoms with Gasteiger partial charge in [-0.1, -0.05) is 26.8 Å². The van der Waals surface area contributed by atoms with E-state index in [0.717, 1.165) is 17.1 Å². The van der Waals surface area contributed by atoms with Gasteiger partial charge < -0.3 is 9.47 Å². The van der Waals surface area contributed by atoms with Crippen LogP contribution < -0.4 is 9.47 Å². The highest BCUT2D eigenvalue weighted by Gasteiger charge is 2.18. The Balaban J connectivity index is 3.32. The molecule has 15 heavy (non-hydrogen) atoms. The average molecular weight is 208 g/mol. The summed E-state index contributed by atoms with van der Waals surface area (Å²) >= 11 is 0. The minimum atomic E-state index is 0.129. The molecule has 0 spiro atoms. The highest BCUT2D eigenvalue weighted by atomic mass is 16.5. The number of aryl methyl sites for hydroxylation is 1. The van der Waals surface area contributed by atoms with Crippen molar-refractivity contribution in [2.45, 2.75) is 33.1 Å². The second kappa shape index (κ2) is 4.13. The van der Waals surface area contributed by atoms with Gasteiger partial charge in [0.15, 0.2) is 11.5 Å². The average Bonchev–Trinajstić information content (AvgIpc) is 2.15. The van der Waals surface area contributed by atoms with Crippen LogP contribution in [0.15, 0.2) is 12.1 Å². The summed E-state index contributed by atoms with van der Waals surface area (Å²) < 4.78 is 10.6. The van der Waals surface area contributed by atoms with Crippen LogP contribution in [-0.4, -0.2) is 14.2 Å². The van der Waals surface area contributed by atoms with Crippen molar-refractivity contribution in [1.82, 2.24) is 0 Å². The monoisotopic (exact) mass is 208 g/mol. The molecule has 0 aliphatic carbocycles. The molecule has 1 rings (SSSR count). The Morgan fingerprint density at radius 2 is 1.60 bits per heavy atom. The van der Waals surface area contributed by atoms with Crippen LogP contribution in [0.25, 0.3) is 0 Å². The zero-order chi connectivity index (χ0) is 11.6. The molecule has 0 saturated heterocycles. The maximum atomic E-state index is 5.33. The van der Waals surface area contributed by atoms with Gasteiger partial charge >= 0.3 is 0 Å². The molecule has 0 radical (unpaired) electrons. The van der Waals surface area contributed by atoms with E-state index in [0.29, 0.717) is 0 Å². The fraction of sp³-hybridized carbons (Fsp3) is 0.538. The SMILES string of the molecule is COc1cc(C(C)(C)C)cc(C)c1OC. The third-order valence-electron chi connectivity index (χ3n) is 2.53. The summed E-state index contributed by atoms with van der Waals surface area (Å²) in [6.45, 7) is 8.60. The van der Waals surface area contributed by atoms with Gasteiger partial charge in [0, 0.05) is 0 Å². The Morgan fingerprint density at radius 1 is 1.00 bits per heavy atom. The van der Waals surface area contributed by atoms with Crippen molar-refractivity contribution in [2.75, 3.05) is 14.2 Å². The fourth-order valence-electron chi connectivity index (χ4n) is 1.59. The molecule has 2 nitrogen and oxygen atoms in total. The summed E-state index contributed by atoms with van der Waals surface area (Å²) in [7, 11) is 3.34. The summed E-state index contributed by atoms with van der Waals surface area (Å²) in [6.07, 6.45) is 0. The molecule has 1 aromatic rings. The number of hydrogen-bond donors (Lipinski definition) is 0. The maximum absolute atomic E-state index is 5.33. The number of ether oxygens (including phenoxy) is 2. The Labute approximate surface area is 92.2 Å². The van der Waals surface area contributed by atoms with Crippen molar-refractivity contribution in [2.24, 2.45) is 0 Å². The molecule has 0 aliphatic rings. The van der Waals surface area contributed by atoms with Crippen LogP contribution in [0.1, 0.15) is 31.9 Å². The minimum absolute atomic E-state index is 0.129. The first-order valence-corrected chi connectivity index (χ1v) is 5.13. The van der Waals surface area contributed by atoms with E-state index < -0.39 is 0 Å². The molecule has 0 fully saturated rings. The van der Waals surface area contributed by atoms with E-state index in [-0.39, 0.29) is 5.41 Å². The molecule has 0 heterocycles. The Hall–Kier alpha value is -1.18. The molecule has 0 saturated carbocycles. The summed E-state index contributed by atoms with van der Waals surface area (Å²) in [5, 5.41) is 0. The van der Waals surface area contributed by atoms with Crippen molar-refractivity contribution in [3.63, 3.8) is 0 Å². The highest BCUT2D eigenvalue weighted by molar-refractivity contribution is 5.50. The highest BCUT2D eigenvalue weighted by Crippen LogP contribution is 2.35. The first-order valence-electron chi connectivity index (χ1n) is 5.13. The number of hydrogen-bond acceptors (Lipinski definition) is 2. The van der Waals surface area contributed by atoms with Crippen molar-refractivity contribution < 1.29 is 9.47 Å². The molecule has 0 amide bonds. The van der Waals surface area contributed by atoms with E-state index in [1.807, 2.05) is 13.0 Å². The standard InChI is InChI=1S/C13H20O2/c1-9-7-10(13(2,3)4)8-11(14-5)12(9)15-6/h7-8H,1-6H3. The van der Waals surface area contributed by atoms with Crippen molar-refractivity contribution in [1.29, 1.82) is 0 Å². The van der Waals surface area contributed by atoms with Crippen LogP contribution in [0.2, 0.25) is 0 Å². The Bertz CT molecular complexity index is 348. The zero-order valence-electron chi connectivity index (χ0n) is 10.5. The van der Waals surface area contributed by atoms with Crippen molar-refractivity contribution >= 4 is 0 Å². The summed E-state index contributed by atoms with van der Waals surface area (Å²) in [4.78, 5) is 0. The molecule has 0 aliphatic heterocycles. The van der Waals surface area contributed by atoms with Crippen LogP contribution in [0.5, 0.6) is 11.5 Å². The van der Waals surface area contributed by atoms with Gasteiger partial charge in [-0.3, -0.25) is 0 Å². The predicted octanol–water partition coefficient (Wildman–Crippen LogP) is 3.31. The summed E-state index contributed by atoms with van der Waals surface area (Å²) in [5.74, 6) is 1.63. The van der Waals surface area contributed by atoms with Gasteiger partial charge in [0.2, 0.25) is 0 Å². The van der Waals surface area contributed by atoms with Crippen molar-refractivity contribution in [3.05, 3.63) is 23.3 Å². The van der Waals surface area contributed by atoms with Crippen molar-refractivity contribution in [3.8, 4) is 11.5 Å². The van der Waals surface area contributed by atoms with Gasteiger partial charge in [-0.25, -0.2) is 0 Å². The second-order valence-electron chi connectivity index (χ2n) is 4.78. The zero-order valence-corrected chi connectivity index (χ0v) is 10.5. The van der Waals surface area contributed by atoms with Gasteiger partial charge in [0.1, 0.15) is 0 Å². The van der Waals surface area contributed by atoms with Crippen LogP contribution in [0.4, 0.5) is 0 Å². The topological polar surface area (TPSA) is 18.5 Å². The first-order chi connectivity index (χ1) is 6.90. The molecule has 84 valence electrons. The molecular weight excluding hydrogens is 188 g/mol. The molecular formula is C13H20O2. The van der Waals surface area contributed by atoms with Gasteiger partial charge in [-0.15, -0.1) is 0 Å². The Morgan fingerprint density at radius 3 is 2.00 bits per heavy atom. The van der Waals surface area contributed by atoms with E-state index in [1.54, 1.807) is 14.2 Å². The lowest BCUT2D eigenvalue weighted by molar-refractivity contribution is 0.351. The molecule has 0 N–H and O–H groups in total.